The number of aliphatic carboxylic acids is 1. The van der Waals surface area contributed by atoms with E-state index in [0.29, 0.717) is 16.3 Å². The molecule has 2 rings (SSSR count). The Kier molecular flexibility index (Phi) is 5.80. The highest BCUT2D eigenvalue weighted by molar-refractivity contribution is 6.29. The number of carbonyl (C=O) groups excluding carboxylic acids is 1. The lowest BCUT2D eigenvalue weighted by Gasteiger charge is -2.19. The third kappa shape index (κ3) is 5.29. The van der Waals surface area contributed by atoms with Gasteiger partial charge in [0, 0.05) is 18.2 Å². The highest BCUT2D eigenvalue weighted by Crippen LogP contribution is 2.22. The number of nitrogens with one attached hydrogen (secondary N) is 1. The Morgan fingerprint density at radius 3 is 2.28 bits per heavy atom. The Hall–Kier alpha value is -2.40. The lowest BCUT2D eigenvalue weighted by Crippen LogP contribution is -2.42. The first kappa shape index (κ1) is 18.9. The molecule has 1 aromatic heterocycles. The SMILES string of the molecule is CC(C)(C)c1ccc(C(=O)N[C@H](Cc2ccc(Cl)nc2)C(=O)O)cc1. The van der Waals surface area contributed by atoms with Gasteiger partial charge in [-0.2, -0.15) is 0 Å². The van der Waals surface area contributed by atoms with Crippen LogP contribution in [0.2, 0.25) is 5.15 Å². The first-order valence-electron chi connectivity index (χ1n) is 7.91. The molecule has 0 unspecified atom stereocenters. The Labute approximate surface area is 152 Å². The van der Waals surface area contributed by atoms with Crippen LogP contribution in [0, 0.1) is 0 Å². The molecule has 0 radical (unpaired) electrons. The number of hydrogen-bond donors (Lipinski definition) is 2. The van der Waals surface area contributed by atoms with Crippen LogP contribution < -0.4 is 5.32 Å². The number of aromatic nitrogens is 1. The molecule has 1 atom stereocenters. The van der Waals surface area contributed by atoms with E-state index in [-0.39, 0.29) is 11.8 Å². The van der Waals surface area contributed by atoms with Crippen molar-refractivity contribution in [2.45, 2.75) is 38.6 Å². The van der Waals surface area contributed by atoms with Gasteiger partial charge in [-0.15, -0.1) is 0 Å². The molecule has 1 heterocycles. The van der Waals surface area contributed by atoms with E-state index in [4.69, 9.17) is 11.6 Å². The summed E-state index contributed by atoms with van der Waals surface area (Å²) in [4.78, 5) is 27.7. The monoisotopic (exact) mass is 360 g/mol. The Bertz CT molecular complexity index is 750. The van der Waals surface area contributed by atoms with Gasteiger partial charge in [0.2, 0.25) is 0 Å². The summed E-state index contributed by atoms with van der Waals surface area (Å²) in [5.74, 6) is -1.52. The quantitative estimate of drug-likeness (QED) is 0.800. The first-order chi connectivity index (χ1) is 11.7. The van der Waals surface area contributed by atoms with Crippen molar-refractivity contribution < 1.29 is 14.7 Å². The van der Waals surface area contributed by atoms with Crippen LogP contribution in [0.15, 0.2) is 42.6 Å². The molecular weight excluding hydrogens is 340 g/mol. The minimum atomic E-state index is -1.10. The summed E-state index contributed by atoms with van der Waals surface area (Å²) < 4.78 is 0. The maximum Gasteiger partial charge on any atom is 0.326 e. The van der Waals surface area contributed by atoms with E-state index in [9.17, 15) is 14.7 Å². The lowest BCUT2D eigenvalue weighted by atomic mass is 9.86. The van der Waals surface area contributed by atoms with Gasteiger partial charge in [0.15, 0.2) is 0 Å². The molecule has 0 aliphatic rings. The maximum absolute atomic E-state index is 12.4. The average molecular weight is 361 g/mol. The van der Waals surface area contributed by atoms with Crippen molar-refractivity contribution in [2.24, 2.45) is 0 Å². The number of amides is 1. The average Bonchev–Trinajstić information content (AvgIpc) is 2.55. The van der Waals surface area contributed by atoms with Crippen molar-refractivity contribution in [1.82, 2.24) is 10.3 Å². The second-order valence-electron chi connectivity index (χ2n) is 6.88. The van der Waals surface area contributed by atoms with Crippen LogP contribution in [0.5, 0.6) is 0 Å². The summed E-state index contributed by atoms with van der Waals surface area (Å²) in [5, 5.41) is 12.3. The van der Waals surface area contributed by atoms with Crippen molar-refractivity contribution >= 4 is 23.5 Å². The van der Waals surface area contributed by atoms with Gasteiger partial charge in [-0.05, 0) is 34.7 Å². The summed E-state index contributed by atoms with van der Waals surface area (Å²) >= 11 is 5.72. The zero-order chi connectivity index (χ0) is 18.6. The predicted octanol–water partition coefficient (Wildman–Crippen LogP) is 3.46. The number of carbonyl (C=O) groups is 2. The van der Waals surface area contributed by atoms with Crippen LogP contribution in [0.3, 0.4) is 0 Å². The third-order valence-electron chi connectivity index (χ3n) is 3.85. The lowest BCUT2D eigenvalue weighted by molar-refractivity contribution is -0.139. The van der Waals surface area contributed by atoms with Gasteiger partial charge in [-0.1, -0.05) is 50.6 Å². The van der Waals surface area contributed by atoms with Crippen molar-refractivity contribution in [3.63, 3.8) is 0 Å². The van der Waals surface area contributed by atoms with Crippen LogP contribution >= 0.6 is 11.6 Å². The number of halogens is 1. The normalized spacial score (nSPS) is 12.5. The van der Waals surface area contributed by atoms with Gasteiger partial charge in [0.25, 0.3) is 5.91 Å². The molecule has 1 amide bonds. The minimum Gasteiger partial charge on any atom is -0.480 e. The van der Waals surface area contributed by atoms with Gasteiger partial charge in [-0.3, -0.25) is 4.79 Å². The van der Waals surface area contributed by atoms with Gasteiger partial charge in [-0.25, -0.2) is 9.78 Å². The third-order valence-corrected chi connectivity index (χ3v) is 4.07. The first-order valence-corrected chi connectivity index (χ1v) is 8.29. The number of rotatable bonds is 5. The summed E-state index contributed by atoms with van der Waals surface area (Å²) in [5.41, 5.74) is 2.19. The Morgan fingerprint density at radius 1 is 1.16 bits per heavy atom. The van der Waals surface area contributed by atoms with Gasteiger partial charge >= 0.3 is 5.97 Å². The van der Waals surface area contributed by atoms with E-state index in [1.807, 2.05) is 12.1 Å². The molecule has 132 valence electrons. The van der Waals surface area contributed by atoms with Crippen molar-refractivity contribution in [1.29, 1.82) is 0 Å². The van der Waals surface area contributed by atoms with Crippen LogP contribution in [0.1, 0.15) is 42.3 Å². The number of pyridine rings is 1. The molecule has 0 aliphatic heterocycles. The maximum atomic E-state index is 12.4. The molecule has 5 nitrogen and oxygen atoms in total. The number of hydrogen-bond acceptors (Lipinski definition) is 3. The van der Waals surface area contributed by atoms with E-state index in [0.717, 1.165) is 5.56 Å². The van der Waals surface area contributed by atoms with Gasteiger partial charge in [0.1, 0.15) is 11.2 Å². The summed E-state index contributed by atoms with van der Waals surface area (Å²) in [6, 6.07) is 9.41. The van der Waals surface area contributed by atoms with Crippen LogP contribution in [0.4, 0.5) is 0 Å². The fourth-order valence-corrected chi connectivity index (χ4v) is 2.44. The van der Waals surface area contributed by atoms with Crippen LogP contribution in [0.25, 0.3) is 0 Å². The molecule has 0 aliphatic carbocycles. The zero-order valence-electron chi connectivity index (χ0n) is 14.4. The fraction of sp³-hybridized carbons (Fsp3) is 0.316. The molecule has 1 aromatic carbocycles. The summed E-state index contributed by atoms with van der Waals surface area (Å²) in [6.07, 6.45) is 1.63. The zero-order valence-corrected chi connectivity index (χ0v) is 15.2. The standard InChI is InChI=1S/C19H21ClN2O3/c1-19(2,3)14-7-5-13(6-8-14)17(23)22-15(18(24)25)10-12-4-9-16(20)21-11-12/h4-9,11,15H,10H2,1-3H3,(H,22,23)(H,24,25)/t15-/m1/s1. The fourth-order valence-electron chi connectivity index (χ4n) is 2.33. The van der Waals surface area contributed by atoms with E-state index in [1.54, 1.807) is 24.3 Å². The molecule has 0 saturated heterocycles. The molecule has 0 fully saturated rings. The van der Waals surface area contributed by atoms with Crippen molar-refractivity contribution in [2.75, 3.05) is 0 Å². The Balaban J connectivity index is 2.09. The van der Waals surface area contributed by atoms with Gasteiger partial charge in [0.05, 0.1) is 0 Å². The van der Waals surface area contributed by atoms with E-state index in [1.165, 1.54) is 6.20 Å². The number of benzene rings is 1. The predicted molar refractivity (Wildman–Crippen MR) is 97.0 cm³/mol. The Morgan fingerprint density at radius 2 is 1.80 bits per heavy atom. The van der Waals surface area contributed by atoms with E-state index >= 15 is 0 Å². The molecular formula is C19H21ClN2O3. The molecule has 2 N–H and O–H groups in total. The summed E-state index contributed by atoms with van der Waals surface area (Å²) in [7, 11) is 0. The second-order valence-corrected chi connectivity index (χ2v) is 7.27. The van der Waals surface area contributed by atoms with E-state index < -0.39 is 17.9 Å². The largest absolute Gasteiger partial charge is 0.480 e. The minimum absolute atomic E-state index is 0.0137. The topological polar surface area (TPSA) is 79.3 Å². The van der Waals surface area contributed by atoms with E-state index in [2.05, 4.69) is 31.1 Å². The highest BCUT2D eigenvalue weighted by Gasteiger charge is 2.22. The number of nitrogens with zero attached hydrogens (tertiary/aromatic N) is 1. The van der Waals surface area contributed by atoms with Crippen molar-refractivity contribution in [3.05, 3.63) is 64.4 Å². The number of carboxylic acids is 1. The van der Waals surface area contributed by atoms with Crippen molar-refractivity contribution in [3.8, 4) is 0 Å². The summed E-state index contributed by atoms with van der Waals surface area (Å²) in [6.45, 7) is 6.26. The molecule has 0 spiro atoms. The smallest absolute Gasteiger partial charge is 0.326 e. The molecule has 0 saturated carbocycles. The van der Waals surface area contributed by atoms with Crippen LogP contribution in [-0.2, 0) is 16.6 Å². The van der Waals surface area contributed by atoms with Gasteiger partial charge < -0.3 is 10.4 Å². The molecule has 2 aromatic rings. The number of carboxylic acid groups (broad SMARTS) is 1. The second kappa shape index (κ2) is 7.66. The molecule has 0 bridgehead atoms. The molecule has 6 heteroatoms. The molecule has 25 heavy (non-hydrogen) atoms. The van der Waals surface area contributed by atoms with Crippen LogP contribution in [-0.4, -0.2) is 28.0 Å². The highest BCUT2D eigenvalue weighted by atomic mass is 35.5.